The summed E-state index contributed by atoms with van der Waals surface area (Å²) in [6.07, 6.45) is 0.235. The van der Waals surface area contributed by atoms with E-state index in [1.807, 2.05) is 49.4 Å². The molecule has 3 heteroatoms. The quantitative estimate of drug-likeness (QED) is 0.935. The van der Waals surface area contributed by atoms with Gasteiger partial charge in [0.15, 0.2) is 0 Å². The Hall–Kier alpha value is -2.00. The average Bonchev–Trinajstić information content (AvgIpc) is 2.54. The van der Waals surface area contributed by atoms with Crippen LogP contribution in [0.2, 0.25) is 0 Å². The Morgan fingerprint density at radius 1 is 1.19 bits per heavy atom. The maximum atomic E-state index is 10.7. The van der Waals surface area contributed by atoms with Gasteiger partial charge in [-0.2, -0.15) is 0 Å². The topological polar surface area (TPSA) is 38.7 Å². The first kappa shape index (κ1) is 14.0. The predicted octanol–water partition coefficient (Wildman–Crippen LogP) is 3.37. The van der Waals surface area contributed by atoms with E-state index in [1.54, 1.807) is 0 Å². The lowest BCUT2D eigenvalue weighted by Gasteiger charge is -2.29. The molecule has 1 aliphatic heterocycles. The molecule has 0 aromatic heterocycles. The summed E-state index contributed by atoms with van der Waals surface area (Å²) in [4.78, 5) is 0. The van der Waals surface area contributed by atoms with Crippen LogP contribution in [0.4, 0.5) is 0 Å². The Morgan fingerprint density at radius 3 is 2.81 bits per heavy atom. The summed E-state index contributed by atoms with van der Waals surface area (Å²) in [6, 6.07) is 15.7. The Morgan fingerprint density at radius 2 is 1.95 bits per heavy atom. The molecular weight excluding hydrogens is 264 g/mol. The van der Waals surface area contributed by atoms with E-state index in [9.17, 15) is 5.11 Å². The molecule has 0 amide bonds. The first-order valence-electron chi connectivity index (χ1n) is 7.40. The summed E-state index contributed by atoms with van der Waals surface area (Å²) in [7, 11) is 0. The number of aliphatic hydroxyl groups is 1. The molecule has 0 radical (unpaired) electrons. The highest BCUT2D eigenvalue weighted by molar-refractivity contribution is 5.38. The van der Waals surface area contributed by atoms with Gasteiger partial charge in [0.1, 0.15) is 11.5 Å². The second kappa shape index (κ2) is 6.19. The van der Waals surface area contributed by atoms with Gasteiger partial charge in [0.25, 0.3) is 0 Å². The highest BCUT2D eigenvalue weighted by Gasteiger charge is 2.28. The van der Waals surface area contributed by atoms with Gasteiger partial charge in [-0.25, -0.2) is 0 Å². The Labute approximate surface area is 125 Å². The van der Waals surface area contributed by atoms with Crippen molar-refractivity contribution in [1.29, 1.82) is 0 Å². The zero-order chi connectivity index (χ0) is 14.7. The van der Waals surface area contributed by atoms with Crippen LogP contribution in [0.25, 0.3) is 0 Å². The second-order valence-corrected chi connectivity index (χ2v) is 5.30. The summed E-state index contributed by atoms with van der Waals surface area (Å²) < 4.78 is 11.4. The molecule has 0 bridgehead atoms. The molecule has 0 saturated heterocycles. The van der Waals surface area contributed by atoms with Crippen molar-refractivity contribution in [2.45, 2.75) is 19.4 Å². The molecule has 1 aliphatic rings. The third-order valence-electron chi connectivity index (χ3n) is 3.89. The number of hydrogen-bond acceptors (Lipinski definition) is 3. The minimum Gasteiger partial charge on any atom is -0.493 e. The molecule has 0 aliphatic carbocycles. The second-order valence-electron chi connectivity index (χ2n) is 5.30. The first-order valence-corrected chi connectivity index (χ1v) is 7.40. The molecule has 2 aromatic rings. The lowest BCUT2D eigenvalue weighted by atomic mass is 9.88. The number of para-hydroxylation sites is 2. The third-order valence-corrected chi connectivity index (χ3v) is 3.89. The summed E-state index contributed by atoms with van der Waals surface area (Å²) in [5.41, 5.74) is 1.99. The molecule has 0 fully saturated rings. The van der Waals surface area contributed by atoms with Crippen LogP contribution in [0.1, 0.15) is 24.2 Å². The van der Waals surface area contributed by atoms with Crippen molar-refractivity contribution in [2.24, 2.45) is 5.92 Å². The monoisotopic (exact) mass is 284 g/mol. The smallest absolute Gasteiger partial charge is 0.125 e. The van der Waals surface area contributed by atoms with E-state index in [2.05, 4.69) is 6.07 Å². The van der Waals surface area contributed by atoms with Gasteiger partial charge < -0.3 is 14.6 Å². The molecule has 0 saturated carbocycles. The molecule has 3 nitrogen and oxygen atoms in total. The number of fused-ring (bicyclic) bond motifs is 1. The zero-order valence-electron chi connectivity index (χ0n) is 12.2. The molecule has 1 N–H and O–H groups in total. The van der Waals surface area contributed by atoms with Gasteiger partial charge in [0.2, 0.25) is 0 Å². The fraction of sp³-hybridized carbons (Fsp3) is 0.333. The summed E-state index contributed by atoms with van der Waals surface area (Å²) >= 11 is 0. The van der Waals surface area contributed by atoms with Gasteiger partial charge in [-0.15, -0.1) is 0 Å². The average molecular weight is 284 g/mol. The normalized spacial score (nSPS) is 18.5. The summed E-state index contributed by atoms with van der Waals surface area (Å²) in [6.45, 7) is 3.06. The van der Waals surface area contributed by atoms with Crippen LogP contribution < -0.4 is 9.47 Å². The highest BCUT2D eigenvalue weighted by Crippen LogP contribution is 2.36. The van der Waals surface area contributed by atoms with Crippen LogP contribution >= 0.6 is 0 Å². The minimum absolute atomic E-state index is 0.0431. The van der Waals surface area contributed by atoms with Crippen LogP contribution in [0.5, 0.6) is 11.5 Å². The molecule has 2 atom stereocenters. The molecule has 2 aromatic carbocycles. The standard InChI is InChI=1S/C18H20O3/c1-2-20-17-10-6-4-8-15(17)18(19)14-11-13-7-3-5-9-16(13)21-12-14/h3-10,14,18-19H,2,11-12H2,1H3. The maximum Gasteiger partial charge on any atom is 0.125 e. The van der Waals surface area contributed by atoms with E-state index in [-0.39, 0.29) is 5.92 Å². The van der Waals surface area contributed by atoms with E-state index in [0.717, 1.165) is 29.0 Å². The maximum absolute atomic E-state index is 10.7. The number of ether oxygens (including phenoxy) is 2. The number of aliphatic hydroxyl groups excluding tert-OH is 1. The lowest BCUT2D eigenvalue weighted by molar-refractivity contribution is 0.0622. The van der Waals surface area contributed by atoms with Gasteiger partial charge in [0, 0.05) is 11.5 Å². The predicted molar refractivity (Wildman–Crippen MR) is 81.7 cm³/mol. The van der Waals surface area contributed by atoms with Crippen molar-refractivity contribution in [1.82, 2.24) is 0 Å². The molecular formula is C18H20O3. The summed E-state index contributed by atoms with van der Waals surface area (Å²) in [5.74, 6) is 1.73. The van der Waals surface area contributed by atoms with E-state index in [1.165, 1.54) is 0 Å². The Balaban J connectivity index is 1.82. The largest absolute Gasteiger partial charge is 0.493 e. The van der Waals surface area contributed by atoms with Crippen molar-refractivity contribution in [3.8, 4) is 11.5 Å². The number of hydrogen-bond donors (Lipinski definition) is 1. The number of benzene rings is 2. The van der Waals surface area contributed by atoms with Crippen LogP contribution in [0.15, 0.2) is 48.5 Å². The van der Waals surface area contributed by atoms with E-state index < -0.39 is 6.10 Å². The molecule has 2 unspecified atom stereocenters. The van der Waals surface area contributed by atoms with Crippen LogP contribution in [-0.2, 0) is 6.42 Å². The fourth-order valence-corrected chi connectivity index (χ4v) is 2.82. The van der Waals surface area contributed by atoms with Gasteiger partial charge in [0.05, 0.1) is 19.3 Å². The van der Waals surface area contributed by atoms with Crippen molar-refractivity contribution in [2.75, 3.05) is 13.2 Å². The van der Waals surface area contributed by atoms with Gasteiger partial charge in [-0.1, -0.05) is 36.4 Å². The van der Waals surface area contributed by atoms with Crippen molar-refractivity contribution in [3.63, 3.8) is 0 Å². The van der Waals surface area contributed by atoms with Gasteiger partial charge in [-0.3, -0.25) is 0 Å². The van der Waals surface area contributed by atoms with Crippen LogP contribution in [-0.4, -0.2) is 18.3 Å². The molecule has 0 spiro atoms. The SMILES string of the molecule is CCOc1ccccc1C(O)C1COc2ccccc2C1. The minimum atomic E-state index is -0.582. The highest BCUT2D eigenvalue weighted by atomic mass is 16.5. The van der Waals surface area contributed by atoms with Crippen LogP contribution in [0.3, 0.4) is 0 Å². The Kier molecular flexibility index (Phi) is 4.11. The van der Waals surface area contributed by atoms with Gasteiger partial charge >= 0.3 is 0 Å². The molecule has 3 rings (SSSR count). The molecule has 110 valence electrons. The molecule has 1 heterocycles. The first-order chi connectivity index (χ1) is 10.3. The van der Waals surface area contributed by atoms with Crippen molar-refractivity contribution >= 4 is 0 Å². The number of rotatable bonds is 4. The van der Waals surface area contributed by atoms with Crippen molar-refractivity contribution < 1.29 is 14.6 Å². The van der Waals surface area contributed by atoms with E-state index in [4.69, 9.17) is 9.47 Å². The Bertz CT molecular complexity index is 609. The van der Waals surface area contributed by atoms with Gasteiger partial charge in [-0.05, 0) is 31.0 Å². The van der Waals surface area contributed by atoms with Crippen LogP contribution in [0, 0.1) is 5.92 Å². The van der Waals surface area contributed by atoms with Crippen molar-refractivity contribution in [3.05, 3.63) is 59.7 Å². The zero-order valence-corrected chi connectivity index (χ0v) is 12.2. The molecule has 21 heavy (non-hydrogen) atoms. The fourth-order valence-electron chi connectivity index (χ4n) is 2.82. The van der Waals surface area contributed by atoms with E-state index in [0.29, 0.717) is 13.2 Å². The third kappa shape index (κ3) is 2.88. The lowest BCUT2D eigenvalue weighted by Crippen LogP contribution is -2.27. The summed E-state index contributed by atoms with van der Waals surface area (Å²) in [5, 5.41) is 10.7. The van der Waals surface area contributed by atoms with E-state index >= 15 is 0 Å².